The van der Waals surface area contributed by atoms with Gasteiger partial charge in [0.1, 0.15) is 5.76 Å². The summed E-state index contributed by atoms with van der Waals surface area (Å²) in [5.74, 6) is 0.117. The first-order valence-electron chi connectivity index (χ1n) is 6.81. The Morgan fingerprint density at radius 1 is 1.35 bits per heavy atom. The minimum absolute atomic E-state index is 0.145. The first-order chi connectivity index (χ1) is 9.09. The summed E-state index contributed by atoms with van der Waals surface area (Å²) >= 11 is 0. The molecule has 1 aliphatic rings. The van der Waals surface area contributed by atoms with Gasteiger partial charge in [0.15, 0.2) is 5.89 Å². The number of hydrogen-bond acceptors (Lipinski definition) is 3. The third kappa shape index (κ3) is 3.16. The number of piperidine rings is 1. The van der Waals surface area contributed by atoms with Crippen LogP contribution in [0.15, 0.2) is 4.42 Å². The van der Waals surface area contributed by atoms with E-state index in [1.54, 1.807) is 20.8 Å². The lowest BCUT2D eigenvalue weighted by Crippen LogP contribution is -2.50. The molecule has 1 unspecified atom stereocenters. The summed E-state index contributed by atoms with van der Waals surface area (Å²) in [7, 11) is 0. The largest absolute Gasteiger partial charge is 0.446 e. The number of hydrogen-bond donors (Lipinski definition) is 0. The third-order valence-corrected chi connectivity index (χ3v) is 4.08. The number of nitrogens with zero attached hydrogens (tertiary/aromatic N) is 2. The number of rotatable bonds is 2. The molecule has 0 bridgehead atoms. The smallest absolute Gasteiger partial charge is 0.392 e. The fraction of sp³-hybridized carbons (Fsp3) is 0.786. The molecule has 1 fully saturated rings. The molecular weight excluding hydrogens is 269 g/mol. The average Bonchev–Trinajstić information content (AvgIpc) is 2.53. The summed E-state index contributed by atoms with van der Waals surface area (Å²) in [6.07, 6.45) is -3.97. The molecule has 0 amide bonds. The number of oxazole rings is 1. The molecular formula is C14H21F3N2O. The van der Waals surface area contributed by atoms with Crippen LogP contribution in [0.3, 0.4) is 0 Å². The van der Waals surface area contributed by atoms with Crippen molar-refractivity contribution in [2.75, 3.05) is 13.1 Å². The van der Waals surface area contributed by atoms with Crippen molar-refractivity contribution in [1.82, 2.24) is 9.88 Å². The first-order valence-corrected chi connectivity index (χ1v) is 6.81. The molecule has 0 radical (unpaired) electrons. The monoisotopic (exact) mass is 290 g/mol. The average molecular weight is 290 g/mol. The van der Waals surface area contributed by atoms with Crippen molar-refractivity contribution in [1.29, 1.82) is 0 Å². The number of alkyl halides is 3. The van der Waals surface area contributed by atoms with Crippen molar-refractivity contribution in [2.45, 2.75) is 46.8 Å². The van der Waals surface area contributed by atoms with Gasteiger partial charge in [-0.3, -0.25) is 4.90 Å². The van der Waals surface area contributed by atoms with Gasteiger partial charge in [0.2, 0.25) is 0 Å². The maximum absolute atomic E-state index is 13.0. The van der Waals surface area contributed by atoms with Gasteiger partial charge in [0.25, 0.3) is 0 Å². The Hall–Kier alpha value is -1.04. The van der Waals surface area contributed by atoms with E-state index in [0.29, 0.717) is 25.5 Å². The van der Waals surface area contributed by atoms with Crippen LogP contribution in [-0.2, 0) is 6.54 Å². The summed E-state index contributed by atoms with van der Waals surface area (Å²) in [5.41, 5.74) is 0.0483. The predicted molar refractivity (Wildman–Crippen MR) is 69.2 cm³/mol. The SMILES string of the molecule is Cc1nc(CN2CCC(C(F)(F)F)C(C)(C)C2)c(C)o1. The molecule has 6 heteroatoms. The second-order valence-corrected chi connectivity index (χ2v) is 6.32. The van der Waals surface area contributed by atoms with Crippen LogP contribution in [0.2, 0.25) is 0 Å². The second-order valence-electron chi connectivity index (χ2n) is 6.32. The summed E-state index contributed by atoms with van der Waals surface area (Å²) in [5, 5.41) is 0. The van der Waals surface area contributed by atoms with Crippen molar-refractivity contribution in [3.05, 3.63) is 17.3 Å². The highest BCUT2D eigenvalue weighted by Gasteiger charge is 2.51. The zero-order chi connectivity index (χ0) is 15.1. The molecule has 0 N–H and O–H groups in total. The van der Waals surface area contributed by atoms with E-state index < -0.39 is 17.5 Å². The summed E-state index contributed by atoms with van der Waals surface area (Å²) in [6.45, 7) is 8.41. The van der Waals surface area contributed by atoms with Crippen molar-refractivity contribution >= 4 is 0 Å². The number of halogens is 3. The van der Waals surface area contributed by atoms with E-state index in [1.165, 1.54) is 0 Å². The Morgan fingerprint density at radius 2 is 2.00 bits per heavy atom. The van der Waals surface area contributed by atoms with Gasteiger partial charge >= 0.3 is 6.18 Å². The third-order valence-electron chi connectivity index (χ3n) is 4.08. The van der Waals surface area contributed by atoms with Gasteiger partial charge in [-0.05, 0) is 25.3 Å². The second kappa shape index (κ2) is 5.06. The maximum atomic E-state index is 13.0. The normalized spacial score (nSPS) is 24.1. The van der Waals surface area contributed by atoms with Gasteiger partial charge in [0, 0.05) is 20.0 Å². The van der Waals surface area contributed by atoms with Gasteiger partial charge in [0.05, 0.1) is 11.6 Å². The molecule has 1 aromatic heterocycles. The van der Waals surface area contributed by atoms with Crippen LogP contribution in [0, 0.1) is 25.2 Å². The van der Waals surface area contributed by atoms with Crippen LogP contribution in [0.25, 0.3) is 0 Å². The minimum Gasteiger partial charge on any atom is -0.446 e. The number of aryl methyl sites for hydroxylation is 2. The first kappa shape index (κ1) is 15.4. The fourth-order valence-corrected chi connectivity index (χ4v) is 3.14. The van der Waals surface area contributed by atoms with Crippen LogP contribution in [-0.4, -0.2) is 29.1 Å². The Kier molecular flexibility index (Phi) is 3.88. The molecule has 0 aromatic carbocycles. The van der Waals surface area contributed by atoms with Crippen molar-refractivity contribution in [2.24, 2.45) is 11.3 Å². The number of aromatic nitrogens is 1. The molecule has 2 rings (SSSR count). The van der Waals surface area contributed by atoms with Gasteiger partial charge in [-0.2, -0.15) is 13.2 Å². The highest BCUT2D eigenvalue weighted by molar-refractivity contribution is 5.08. The van der Waals surface area contributed by atoms with Crippen LogP contribution in [0.1, 0.15) is 37.6 Å². The lowest BCUT2D eigenvalue weighted by molar-refractivity contribution is -0.217. The standard InChI is InChI=1S/C14H21F3N2O/c1-9-11(18-10(2)20-9)7-19-6-5-12(14(15,16)17)13(3,4)8-19/h12H,5-8H2,1-4H3. The lowest BCUT2D eigenvalue weighted by Gasteiger charge is -2.44. The molecule has 2 heterocycles. The Morgan fingerprint density at radius 3 is 2.45 bits per heavy atom. The van der Waals surface area contributed by atoms with E-state index in [1.807, 2.05) is 11.8 Å². The number of likely N-dealkylation sites (tertiary alicyclic amines) is 1. The van der Waals surface area contributed by atoms with E-state index in [2.05, 4.69) is 4.98 Å². The topological polar surface area (TPSA) is 29.3 Å². The maximum Gasteiger partial charge on any atom is 0.392 e. The van der Waals surface area contributed by atoms with Crippen molar-refractivity contribution in [3.63, 3.8) is 0 Å². The van der Waals surface area contributed by atoms with E-state index in [4.69, 9.17) is 4.42 Å². The van der Waals surface area contributed by atoms with Crippen molar-refractivity contribution in [3.8, 4) is 0 Å². The quantitative estimate of drug-likeness (QED) is 0.831. The summed E-state index contributed by atoms with van der Waals surface area (Å²) in [4.78, 5) is 6.32. The molecule has 0 aliphatic carbocycles. The predicted octanol–water partition coefficient (Wildman–Crippen LogP) is 3.70. The highest BCUT2D eigenvalue weighted by atomic mass is 19.4. The minimum atomic E-state index is -4.12. The molecule has 0 spiro atoms. The highest BCUT2D eigenvalue weighted by Crippen LogP contribution is 2.45. The van der Waals surface area contributed by atoms with E-state index >= 15 is 0 Å². The molecule has 20 heavy (non-hydrogen) atoms. The van der Waals surface area contributed by atoms with Crippen LogP contribution < -0.4 is 0 Å². The molecule has 114 valence electrons. The molecule has 1 aliphatic heterocycles. The van der Waals surface area contributed by atoms with E-state index in [9.17, 15) is 13.2 Å². The molecule has 1 atom stereocenters. The fourth-order valence-electron chi connectivity index (χ4n) is 3.14. The Balaban J connectivity index is 2.06. The lowest BCUT2D eigenvalue weighted by atomic mass is 9.73. The van der Waals surface area contributed by atoms with Gasteiger partial charge in [-0.25, -0.2) is 4.98 Å². The van der Waals surface area contributed by atoms with Gasteiger partial charge in [-0.15, -0.1) is 0 Å². The Labute approximate surface area is 117 Å². The van der Waals surface area contributed by atoms with Crippen LogP contribution in [0.5, 0.6) is 0 Å². The van der Waals surface area contributed by atoms with Crippen molar-refractivity contribution < 1.29 is 17.6 Å². The summed E-state index contributed by atoms with van der Waals surface area (Å²) < 4.78 is 44.4. The van der Waals surface area contributed by atoms with E-state index in [-0.39, 0.29) is 6.42 Å². The summed E-state index contributed by atoms with van der Waals surface area (Å²) in [6, 6.07) is 0. The van der Waals surface area contributed by atoms with Gasteiger partial charge < -0.3 is 4.42 Å². The zero-order valence-electron chi connectivity index (χ0n) is 12.3. The zero-order valence-corrected chi connectivity index (χ0v) is 12.3. The molecule has 0 saturated carbocycles. The van der Waals surface area contributed by atoms with Gasteiger partial charge in [-0.1, -0.05) is 13.8 Å². The molecule has 1 aromatic rings. The molecule has 1 saturated heterocycles. The van der Waals surface area contributed by atoms with E-state index in [0.717, 1.165) is 11.5 Å². The van der Waals surface area contributed by atoms with Crippen LogP contribution >= 0.6 is 0 Å². The molecule has 3 nitrogen and oxygen atoms in total. The Bertz CT molecular complexity index is 479. The van der Waals surface area contributed by atoms with Crippen LogP contribution in [0.4, 0.5) is 13.2 Å².